The number of benzene rings is 2. The Hall–Kier alpha value is -2.62. The average Bonchev–Trinajstić information content (AvgIpc) is 2.99. The summed E-state index contributed by atoms with van der Waals surface area (Å²) in [6.45, 7) is 7.81. The SMILES string of the molecule is CCCCCn1c(CCNC(=O)c2ccc(C)cc2C)nc2ccccc21. The number of rotatable bonds is 8. The molecule has 0 saturated heterocycles. The lowest BCUT2D eigenvalue weighted by Gasteiger charge is -2.11. The molecule has 1 amide bonds. The van der Waals surface area contributed by atoms with Crippen LogP contribution in [-0.2, 0) is 13.0 Å². The smallest absolute Gasteiger partial charge is 0.251 e. The van der Waals surface area contributed by atoms with Gasteiger partial charge in [0.2, 0.25) is 0 Å². The van der Waals surface area contributed by atoms with E-state index < -0.39 is 0 Å². The van der Waals surface area contributed by atoms with E-state index in [0.29, 0.717) is 6.54 Å². The minimum absolute atomic E-state index is 0.0128. The van der Waals surface area contributed by atoms with Crippen LogP contribution in [0.25, 0.3) is 11.0 Å². The fourth-order valence-corrected chi connectivity index (χ4v) is 3.54. The first-order chi connectivity index (χ1) is 13.1. The number of unbranched alkanes of at least 4 members (excludes halogenated alkanes) is 2. The van der Waals surface area contributed by atoms with Gasteiger partial charge in [0.1, 0.15) is 5.82 Å². The molecule has 0 fully saturated rings. The van der Waals surface area contributed by atoms with Crippen LogP contribution in [0.2, 0.25) is 0 Å². The fourth-order valence-electron chi connectivity index (χ4n) is 3.54. The monoisotopic (exact) mass is 363 g/mol. The van der Waals surface area contributed by atoms with Crippen LogP contribution in [-0.4, -0.2) is 22.0 Å². The zero-order chi connectivity index (χ0) is 19.2. The van der Waals surface area contributed by atoms with Crippen molar-refractivity contribution < 1.29 is 4.79 Å². The number of para-hydroxylation sites is 2. The van der Waals surface area contributed by atoms with Crippen LogP contribution in [0, 0.1) is 13.8 Å². The summed E-state index contributed by atoms with van der Waals surface area (Å²) in [6, 6.07) is 14.2. The summed E-state index contributed by atoms with van der Waals surface area (Å²) in [5.74, 6) is 1.04. The Morgan fingerprint density at radius 3 is 2.70 bits per heavy atom. The molecule has 0 spiro atoms. The van der Waals surface area contributed by atoms with Crippen LogP contribution in [0.3, 0.4) is 0 Å². The van der Waals surface area contributed by atoms with Crippen molar-refractivity contribution in [1.82, 2.24) is 14.9 Å². The van der Waals surface area contributed by atoms with Crippen molar-refractivity contribution in [2.75, 3.05) is 6.54 Å². The highest BCUT2D eigenvalue weighted by molar-refractivity contribution is 5.95. The maximum atomic E-state index is 12.5. The summed E-state index contributed by atoms with van der Waals surface area (Å²) in [6.07, 6.45) is 4.31. The topological polar surface area (TPSA) is 46.9 Å². The maximum absolute atomic E-state index is 12.5. The van der Waals surface area contributed by atoms with Gasteiger partial charge in [0, 0.05) is 25.1 Å². The summed E-state index contributed by atoms with van der Waals surface area (Å²) in [4.78, 5) is 17.3. The number of aromatic nitrogens is 2. The molecule has 0 aliphatic heterocycles. The van der Waals surface area contributed by atoms with Gasteiger partial charge in [-0.15, -0.1) is 0 Å². The Kier molecular flexibility index (Phi) is 6.28. The zero-order valence-electron chi connectivity index (χ0n) is 16.6. The van der Waals surface area contributed by atoms with Gasteiger partial charge in [0.05, 0.1) is 11.0 Å². The molecule has 1 N–H and O–H groups in total. The highest BCUT2D eigenvalue weighted by atomic mass is 16.1. The second-order valence-electron chi connectivity index (χ2n) is 7.20. The standard InChI is InChI=1S/C23H29N3O/c1-4-5-8-15-26-21-10-7-6-9-20(21)25-22(26)13-14-24-23(27)19-12-11-17(2)16-18(19)3/h6-7,9-12,16H,4-5,8,13-15H2,1-3H3,(H,24,27). The molecule has 3 rings (SSSR count). The van der Waals surface area contributed by atoms with E-state index in [1.165, 1.54) is 23.9 Å². The van der Waals surface area contributed by atoms with Crippen molar-refractivity contribution >= 4 is 16.9 Å². The molecule has 3 aromatic rings. The molecule has 27 heavy (non-hydrogen) atoms. The largest absolute Gasteiger partial charge is 0.352 e. The highest BCUT2D eigenvalue weighted by Gasteiger charge is 2.12. The number of fused-ring (bicyclic) bond motifs is 1. The molecular formula is C23H29N3O. The third kappa shape index (κ3) is 4.57. The molecular weight excluding hydrogens is 334 g/mol. The van der Waals surface area contributed by atoms with Crippen LogP contribution in [0.1, 0.15) is 53.5 Å². The van der Waals surface area contributed by atoms with Gasteiger partial charge in [0.15, 0.2) is 0 Å². The first kappa shape index (κ1) is 19.2. The average molecular weight is 364 g/mol. The van der Waals surface area contributed by atoms with E-state index in [-0.39, 0.29) is 5.91 Å². The minimum atomic E-state index is -0.0128. The maximum Gasteiger partial charge on any atom is 0.251 e. The molecule has 4 heteroatoms. The van der Waals surface area contributed by atoms with E-state index in [4.69, 9.17) is 4.98 Å². The number of hydrogen-bond donors (Lipinski definition) is 1. The van der Waals surface area contributed by atoms with Crippen LogP contribution in [0.5, 0.6) is 0 Å². The number of amides is 1. The quantitative estimate of drug-likeness (QED) is 0.584. The molecule has 1 heterocycles. The number of hydrogen-bond acceptors (Lipinski definition) is 2. The minimum Gasteiger partial charge on any atom is -0.352 e. The number of imidazole rings is 1. The molecule has 4 nitrogen and oxygen atoms in total. The van der Waals surface area contributed by atoms with Gasteiger partial charge in [-0.25, -0.2) is 4.98 Å². The van der Waals surface area contributed by atoms with E-state index in [9.17, 15) is 4.79 Å². The molecule has 0 saturated carbocycles. The summed E-state index contributed by atoms with van der Waals surface area (Å²) in [7, 11) is 0. The van der Waals surface area contributed by atoms with E-state index in [1.54, 1.807) is 0 Å². The number of nitrogens with zero attached hydrogens (tertiary/aromatic N) is 2. The third-order valence-electron chi connectivity index (χ3n) is 4.98. The fraction of sp³-hybridized carbons (Fsp3) is 0.391. The van der Waals surface area contributed by atoms with E-state index in [1.807, 2.05) is 38.1 Å². The summed E-state index contributed by atoms with van der Waals surface area (Å²) in [5, 5.41) is 3.05. The third-order valence-corrected chi connectivity index (χ3v) is 4.98. The molecule has 142 valence electrons. The number of nitrogens with one attached hydrogen (secondary N) is 1. The van der Waals surface area contributed by atoms with Gasteiger partial charge >= 0.3 is 0 Å². The predicted octanol–water partition coefficient (Wildman–Crippen LogP) is 4.82. The summed E-state index contributed by atoms with van der Waals surface area (Å²) in [5.41, 5.74) is 5.15. The first-order valence-electron chi connectivity index (χ1n) is 9.89. The summed E-state index contributed by atoms with van der Waals surface area (Å²) < 4.78 is 2.31. The van der Waals surface area contributed by atoms with Crippen LogP contribution in [0.4, 0.5) is 0 Å². The normalized spacial score (nSPS) is 11.1. The molecule has 0 aliphatic rings. The Morgan fingerprint density at radius 1 is 1.11 bits per heavy atom. The van der Waals surface area contributed by atoms with E-state index in [0.717, 1.165) is 41.9 Å². The van der Waals surface area contributed by atoms with Crippen molar-refractivity contribution in [2.24, 2.45) is 0 Å². The van der Waals surface area contributed by atoms with Crippen molar-refractivity contribution in [3.05, 3.63) is 65.0 Å². The van der Waals surface area contributed by atoms with Gasteiger partial charge in [-0.3, -0.25) is 4.79 Å². The highest BCUT2D eigenvalue weighted by Crippen LogP contribution is 2.18. The first-order valence-corrected chi connectivity index (χ1v) is 9.89. The lowest BCUT2D eigenvalue weighted by Crippen LogP contribution is -2.27. The lowest BCUT2D eigenvalue weighted by molar-refractivity contribution is 0.0953. The Morgan fingerprint density at radius 2 is 1.93 bits per heavy atom. The van der Waals surface area contributed by atoms with Gasteiger partial charge in [-0.1, -0.05) is 49.6 Å². The Balaban J connectivity index is 1.69. The number of carbonyl (C=O) groups excluding carboxylic acids is 1. The second-order valence-corrected chi connectivity index (χ2v) is 7.20. The summed E-state index contributed by atoms with van der Waals surface area (Å²) >= 11 is 0. The van der Waals surface area contributed by atoms with E-state index >= 15 is 0 Å². The van der Waals surface area contributed by atoms with Crippen LogP contribution < -0.4 is 5.32 Å². The Labute approximate surface area is 161 Å². The number of carbonyl (C=O) groups is 1. The molecule has 0 aliphatic carbocycles. The van der Waals surface area contributed by atoms with Gasteiger partial charge in [-0.2, -0.15) is 0 Å². The van der Waals surface area contributed by atoms with Crippen molar-refractivity contribution in [2.45, 2.75) is 53.0 Å². The predicted molar refractivity (Wildman–Crippen MR) is 111 cm³/mol. The van der Waals surface area contributed by atoms with Crippen LogP contribution >= 0.6 is 0 Å². The molecule has 0 atom stereocenters. The van der Waals surface area contributed by atoms with Crippen molar-refractivity contribution in [1.29, 1.82) is 0 Å². The van der Waals surface area contributed by atoms with Gasteiger partial charge in [0.25, 0.3) is 5.91 Å². The molecule has 2 aromatic carbocycles. The zero-order valence-corrected chi connectivity index (χ0v) is 16.6. The number of aryl methyl sites for hydroxylation is 3. The van der Waals surface area contributed by atoms with Gasteiger partial charge in [-0.05, 0) is 44.0 Å². The molecule has 0 radical (unpaired) electrons. The molecule has 0 bridgehead atoms. The van der Waals surface area contributed by atoms with Crippen molar-refractivity contribution in [3.8, 4) is 0 Å². The second kappa shape index (κ2) is 8.85. The molecule has 1 aromatic heterocycles. The van der Waals surface area contributed by atoms with Gasteiger partial charge < -0.3 is 9.88 Å². The van der Waals surface area contributed by atoms with E-state index in [2.05, 4.69) is 35.0 Å². The van der Waals surface area contributed by atoms with Crippen LogP contribution in [0.15, 0.2) is 42.5 Å². The lowest BCUT2D eigenvalue weighted by atomic mass is 10.1. The van der Waals surface area contributed by atoms with Crippen molar-refractivity contribution in [3.63, 3.8) is 0 Å². The molecule has 0 unspecified atom stereocenters. The Bertz CT molecular complexity index is 927.